The van der Waals surface area contributed by atoms with Gasteiger partial charge in [0.15, 0.2) is 0 Å². The average Bonchev–Trinajstić information content (AvgIpc) is 2.25. The standard InChI is InChI=1S/C9H17O6P/c1-4-14-16(12,15-5-2)7-8(6-10)9(11)13-3/h6,10H,4-5,7H2,1-3H3/b8-6-. The van der Waals surface area contributed by atoms with E-state index in [-0.39, 0.29) is 24.9 Å². The van der Waals surface area contributed by atoms with Gasteiger partial charge >= 0.3 is 13.6 Å². The molecule has 0 saturated heterocycles. The average molecular weight is 252 g/mol. The SMILES string of the molecule is CCOP(=O)(C/C(=C/O)C(=O)OC)OCC. The molecular weight excluding hydrogens is 235 g/mol. The molecule has 1 N–H and O–H groups in total. The van der Waals surface area contributed by atoms with Crippen LogP contribution in [0.5, 0.6) is 0 Å². The molecule has 0 amide bonds. The zero-order valence-corrected chi connectivity index (χ0v) is 10.5. The normalized spacial score (nSPS) is 12.6. The smallest absolute Gasteiger partial charge is 0.337 e. The lowest BCUT2D eigenvalue weighted by Gasteiger charge is -2.17. The van der Waals surface area contributed by atoms with Gasteiger partial charge in [0.05, 0.1) is 38.3 Å². The Hall–Kier alpha value is -0.840. The van der Waals surface area contributed by atoms with Gasteiger partial charge in [0.2, 0.25) is 0 Å². The van der Waals surface area contributed by atoms with Crippen molar-refractivity contribution in [2.24, 2.45) is 0 Å². The van der Waals surface area contributed by atoms with Gasteiger partial charge in [-0.05, 0) is 13.8 Å². The monoisotopic (exact) mass is 252 g/mol. The van der Waals surface area contributed by atoms with Crippen LogP contribution in [-0.2, 0) is 23.1 Å². The largest absolute Gasteiger partial charge is 0.515 e. The molecule has 0 unspecified atom stereocenters. The van der Waals surface area contributed by atoms with Crippen LogP contribution in [0.1, 0.15) is 13.8 Å². The molecule has 7 heteroatoms. The highest BCUT2D eigenvalue weighted by atomic mass is 31.2. The van der Waals surface area contributed by atoms with Gasteiger partial charge in [0.1, 0.15) is 0 Å². The lowest BCUT2D eigenvalue weighted by Crippen LogP contribution is -2.11. The predicted octanol–water partition coefficient (Wildman–Crippen LogP) is 1.87. The summed E-state index contributed by atoms with van der Waals surface area (Å²) in [4.78, 5) is 11.1. The van der Waals surface area contributed by atoms with E-state index in [1.807, 2.05) is 0 Å². The third-order valence-electron chi connectivity index (χ3n) is 1.62. The molecule has 0 heterocycles. The van der Waals surface area contributed by atoms with Gasteiger partial charge in [0, 0.05) is 0 Å². The van der Waals surface area contributed by atoms with Crippen molar-refractivity contribution in [2.75, 3.05) is 26.5 Å². The number of hydrogen-bond acceptors (Lipinski definition) is 6. The third kappa shape index (κ3) is 4.79. The summed E-state index contributed by atoms with van der Waals surface area (Å²) in [6.07, 6.45) is 0.244. The first-order valence-corrected chi connectivity index (χ1v) is 6.55. The first kappa shape index (κ1) is 15.2. The molecule has 0 spiro atoms. The number of hydrogen-bond donors (Lipinski definition) is 1. The summed E-state index contributed by atoms with van der Waals surface area (Å²) in [5.74, 6) is -0.762. The maximum atomic E-state index is 12.0. The van der Waals surface area contributed by atoms with Crippen LogP contribution in [0.15, 0.2) is 11.8 Å². The van der Waals surface area contributed by atoms with Crippen molar-refractivity contribution in [3.05, 3.63) is 11.8 Å². The van der Waals surface area contributed by atoms with Crippen molar-refractivity contribution >= 4 is 13.6 Å². The number of aliphatic hydroxyl groups is 1. The molecule has 0 aliphatic rings. The summed E-state index contributed by atoms with van der Waals surface area (Å²) >= 11 is 0. The molecule has 0 bridgehead atoms. The number of aliphatic hydroxyl groups excluding tert-OH is 1. The summed E-state index contributed by atoms with van der Waals surface area (Å²) in [5.41, 5.74) is -0.146. The number of methoxy groups -OCH3 is 1. The van der Waals surface area contributed by atoms with E-state index in [0.717, 1.165) is 7.11 Å². The molecular formula is C9H17O6P. The van der Waals surface area contributed by atoms with E-state index in [2.05, 4.69) is 4.74 Å². The Kier molecular flexibility index (Phi) is 7.05. The molecule has 0 aliphatic carbocycles. The Morgan fingerprint density at radius 3 is 2.12 bits per heavy atom. The molecule has 0 aromatic heterocycles. The van der Waals surface area contributed by atoms with E-state index in [1.54, 1.807) is 13.8 Å². The van der Waals surface area contributed by atoms with Gasteiger partial charge in [-0.25, -0.2) is 4.79 Å². The van der Waals surface area contributed by atoms with E-state index in [9.17, 15) is 9.36 Å². The fraction of sp³-hybridized carbons (Fsp3) is 0.667. The van der Waals surface area contributed by atoms with Crippen molar-refractivity contribution < 1.29 is 28.3 Å². The lowest BCUT2D eigenvalue weighted by molar-refractivity contribution is -0.136. The molecule has 0 aliphatic heterocycles. The van der Waals surface area contributed by atoms with Crippen LogP contribution in [-0.4, -0.2) is 37.6 Å². The Morgan fingerprint density at radius 2 is 1.81 bits per heavy atom. The van der Waals surface area contributed by atoms with E-state index in [0.29, 0.717) is 6.26 Å². The Morgan fingerprint density at radius 1 is 1.31 bits per heavy atom. The van der Waals surface area contributed by atoms with E-state index in [1.165, 1.54) is 0 Å². The van der Waals surface area contributed by atoms with Crippen LogP contribution in [0.2, 0.25) is 0 Å². The van der Waals surface area contributed by atoms with Gasteiger partial charge in [-0.15, -0.1) is 0 Å². The minimum absolute atomic E-state index is 0.146. The van der Waals surface area contributed by atoms with E-state index < -0.39 is 13.6 Å². The maximum Gasteiger partial charge on any atom is 0.337 e. The van der Waals surface area contributed by atoms with Crippen molar-refractivity contribution in [3.8, 4) is 0 Å². The fourth-order valence-corrected chi connectivity index (χ4v) is 2.69. The second-order valence-corrected chi connectivity index (χ2v) is 4.80. The molecule has 94 valence electrons. The summed E-state index contributed by atoms with van der Waals surface area (Å²) in [6, 6.07) is 0. The Labute approximate surface area is 94.7 Å². The number of esters is 1. The lowest BCUT2D eigenvalue weighted by atomic mass is 10.3. The van der Waals surface area contributed by atoms with Crippen molar-refractivity contribution in [1.29, 1.82) is 0 Å². The number of carbonyl (C=O) groups excluding carboxylic acids is 1. The topological polar surface area (TPSA) is 82.1 Å². The summed E-state index contributed by atoms with van der Waals surface area (Å²) in [6.45, 7) is 3.70. The third-order valence-corrected chi connectivity index (χ3v) is 3.65. The highest BCUT2D eigenvalue weighted by Gasteiger charge is 2.28. The summed E-state index contributed by atoms with van der Waals surface area (Å²) < 4.78 is 26.3. The van der Waals surface area contributed by atoms with Gasteiger partial charge in [-0.2, -0.15) is 0 Å². The highest BCUT2D eigenvalue weighted by Crippen LogP contribution is 2.49. The van der Waals surface area contributed by atoms with Crippen LogP contribution in [0.25, 0.3) is 0 Å². The summed E-state index contributed by atoms with van der Waals surface area (Å²) in [7, 11) is -2.22. The Balaban J connectivity index is 4.73. The van der Waals surface area contributed by atoms with Gasteiger partial charge in [0.25, 0.3) is 0 Å². The highest BCUT2D eigenvalue weighted by molar-refractivity contribution is 7.54. The van der Waals surface area contributed by atoms with Crippen LogP contribution >= 0.6 is 7.60 Å². The van der Waals surface area contributed by atoms with Gasteiger partial charge in [-0.1, -0.05) is 0 Å². The fourth-order valence-electron chi connectivity index (χ4n) is 1.02. The minimum atomic E-state index is -3.39. The number of ether oxygens (including phenoxy) is 1. The molecule has 0 rings (SSSR count). The zero-order chi connectivity index (χ0) is 12.6. The first-order valence-electron chi connectivity index (χ1n) is 4.82. The second-order valence-electron chi connectivity index (χ2n) is 2.75. The summed E-state index contributed by atoms with van der Waals surface area (Å²) in [5, 5.41) is 8.83. The number of rotatable bonds is 7. The second kappa shape index (κ2) is 7.44. The zero-order valence-electron chi connectivity index (χ0n) is 9.63. The predicted molar refractivity (Wildman–Crippen MR) is 58.5 cm³/mol. The van der Waals surface area contributed by atoms with Gasteiger partial charge in [-0.3, -0.25) is 4.57 Å². The van der Waals surface area contributed by atoms with Crippen LogP contribution in [0.3, 0.4) is 0 Å². The molecule has 6 nitrogen and oxygen atoms in total. The molecule has 0 saturated carbocycles. The van der Waals surface area contributed by atoms with E-state index in [4.69, 9.17) is 14.2 Å². The minimum Gasteiger partial charge on any atom is -0.515 e. The van der Waals surface area contributed by atoms with Crippen LogP contribution in [0.4, 0.5) is 0 Å². The quantitative estimate of drug-likeness (QED) is 0.322. The van der Waals surface area contributed by atoms with E-state index >= 15 is 0 Å². The van der Waals surface area contributed by atoms with Crippen LogP contribution < -0.4 is 0 Å². The molecule has 16 heavy (non-hydrogen) atoms. The van der Waals surface area contributed by atoms with Crippen molar-refractivity contribution in [3.63, 3.8) is 0 Å². The van der Waals surface area contributed by atoms with Crippen molar-refractivity contribution in [1.82, 2.24) is 0 Å². The molecule has 0 atom stereocenters. The maximum absolute atomic E-state index is 12.0. The molecule has 0 aromatic carbocycles. The van der Waals surface area contributed by atoms with Crippen molar-refractivity contribution in [2.45, 2.75) is 13.8 Å². The number of carbonyl (C=O) groups is 1. The first-order chi connectivity index (χ1) is 7.52. The van der Waals surface area contributed by atoms with Crippen LogP contribution in [0, 0.1) is 0 Å². The van der Waals surface area contributed by atoms with Gasteiger partial charge < -0.3 is 18.9 Å². The Bertz CT molecular complexity index is 288. The molecule has 0 aromatic rings. The molecule has 0 fully saturated rings. The molecule has 0 radical (unpaired) electrons.